The number of hydrogen-bond donors (Lipinski definition) is 1. The number of halogens is 2. The monoisotopic (exact) mass is 432 g/mol. The van der Waals surface area contributed by atoms with Crippen LogP contribution in [0.15, 0.2) is 58.0 Å². The normalized spacial score (nSPS) is 10.7. The molecular formula is C19H14BrFN2O2S. The maximum atomic E-state index is 13.0. The number of nitrogens with zero attached hydrogens (tertiary/aromatic N) is 2. The number of hydrogen-bond acceptors (Lipinski definition) is 4. The predicted octanol–water partition coefficient (Wildman–Crippen LogP) is 5.34. The molecule has 3 rings (SSSR count). The van der Waals surface area contributed by atoms with Gasteiger partial charge in [0.05, 0.1) is 5.69 Å². The van der Waals surface area contributed by atoms with Crippen molar-refractivity contribution in [3.63, 3.8) is 0 Å². The molecule has 132 valence electrons. The average Bonchev–Trinajstić information content (AvgIpc) is 2.61. The molecule has 3 aromatic rings. The van der Waals surface area contributed by atoms with Crippen molar-refractivity contribution in [1.82, 2.24) is 9.97 Å². The molecule has 0 fully saturated rings. The zero-order valence-corrected chi connectivity index (χ0v) is 16.1. The van der Waals surface area contributed by atoms with Crippen molar-refractivity contribution < 1.29 is 14.3 Å². The van der Waals surface area contributed by atoms with Crippen LogP contribution >= 0.6 is 27.7 Å². The summed E-state index contributed by atoms with van der Waals surface area (Å²) >= 11 is 4.68. The van der Waals surface area contributed by atoms with Crippen molar-refractivity contribution >= 4 is 33.7 Å². The van der Waals surface area contributed by atoms with E-state index in [-0.39, 0.29) is 11.4 Å². The molecule has 0 saturated carbocycles. The second kappa shape index (κ2) is 7.97. The molecule has 0 radical (unpaired) electrons. The van der Waals surface area contributed by atoms with Gasteiger partial charge in [0.15, 0.2) is 5.82 Å². The minimum Gasteiger partial charge on any atom is -0.478 e. The zero-order chi connectivity index (χ0) is 18.7. The van der Waals surface area contributed by atoms with E-state index in [9.17, 15) is 14.3 Å². The third-order valence-corrected chi connectivity index (χ3v) is 5.24. The highest BCUT2D eigenvalue weighted by atomic mass is 79.9. The van der Waals surface area contributed by atoms with Gasteiger partial charge in [0, 0.05) is 15.8 Å². The Labute approximate surface area is 162 Å². The number of rotatable bonds is 5. The molecule has 2 aromatic carbocycles. The number of carboxylic acid groups (broad SMARTS) is 1. The summed E-state index contributed by atoms with van der Waals surface area (Å²) in [5, 5.41) is 9.92. The third-order valence-electron chi connectivity index (χ3n) is 3.66. The van der Waals surface area contributed by atoms with E-state index in [1.807, 2.05) is 24.3 Å². The molecule has 0 spiro atoms. The van der Waals surface area contributed by atoms with Gasteiger partial charge in [0.1, 0.15) is 16.4 Å². The molecule has 0 saturated heterocycles. The first-order valence-electron chi connectivity index (χ1n) is 7.69. The predicted molar refractivity (Wildman–Crippen MR) is 103 cm³/mol. The van der Waals surface area contributed by atoms with E-state index in [4.69, 9.17) is 0 Å². The number of aromatic nitrogens is 2. The summed E-state index contributed by atoms with van der Waals surface area (Å²) < 4.78 is 14.0. The maximum absolute atomic E-state index is 13.0. The summed E-state index contributed by atoms with van der Waals surface area (Å²) in [7, 11) is 0. The van der Waals surface area contributed by atoms with Gasteiger partial charge in [-0.3, -0.25) is 0 Å². The van der Waals surface area contributed by atoms with E-state index in [1.54, 1.807) is 19.1 Å². The average molecular weight is 433 g/mol. The Morgan fingerprint density at radius 2 is 1.77 bits per heavy atom. The first-order chi connectivity index (χ1) is 12.4. The van der Waals surface area contributed by atoms with Crippen LogP contribution in [0.5, 0.6) is 0 Å². The topological polar surface area (TPSA) is 63.1 Å². The van der Waals surface area contributed by atoms with Crippen molar-refractivity contribution in [2.24, 2.45) is 0 Å². The molecule has 0 amide bonds. The highest BCUT2D eigenvalue weighted by molar-refractivity contribution is 9.10. The lowest BCUT2D eigenvalue weighted by atomic mass is 10.2. The lowest BCUT2D eigenvalue weighted by Gasteiger charge is -2.10. The Morgan fingerprint density at radius 3 is 2.38 bits per heavy atom. The summed E-state index contributed by atoms with van der Waals surface area (Å²) in [6.45, 7) is 1.66. The second-order valence-electron chi connectivity index (χ2n) is 5.54. The first kappa shape index (κ1) is 18.5. The Balaban J connectivity index is 1.96. The fraction of sp³-hybridized carbons (Fsp3) is 0.105. The van der Waals surface area contributed by atoms with Gasteiger partial charge in [-0.1, -0.05) is 40.2 Å². The van der Waals surface area contributed by atoms with Crippen molar-refractivity contribution in [1.29, 1.82) is 0 Å². The van der Waals surface area contributed by atoms with E-state index in [2.05, 4.69) is 25.9 Å². The molecule has 0 aliphatic rings. The lowest BCUT2D eigenvalue weighted by molar-refractivity contribution is 0.0690. The maximum Gasteiger partial charge on any atom is 0.340 e. The Hall–Kier alpha value is -2.25. The van der Waals surface area contributed by atoms with Crippen LogP contribution in [-0.4, -0.2) is 21.0 Å². The molecule has 1 N–H and O–H groups in total. The summed E-state index contributed by atoms with van der Waals surface area (Å²) in [4.78, 5) is 20.5. The summed E-state index contributed by atoms with van der Waals surface area (Å²) in [5.74, 6) is -0.412. The molecule has 1 aromatic heterocycles. The van der Waals surface area contributed by atoms with Crippen molar-refractivity contribution in [3.05, 3.63) is 75.6 Å². The number of carbonyl (C=O) groups is 1. The van der Waals surface area contributed by atoms with Gasteiger partial charge in [0.2, 0.25) is 0 Å². The third kappa shape index (κ3) is 4.28. The van der Waals surface area contributed by atoms with Gasteiger partial charge in [-0.15, -0.1) is 11.8 Å². The quantitative estimate of drug-likeness (QED) is 0.435. The molecule has 0 atom stereocenters. The van der Waals surface area contributed by atoms with E-state index in [1.165, 1.54) is 23.9 Å². The SMILES string of the molecule is Cc1nc(-c2ccc(Br)cc2)nc(SCc2ccc(F)cc2)c1C(=O)O. The van der Waals surface area contributed by atoms with Crippen molar-refractivity contribution in [2.45, 2.75) is 17.7 Å². The summed E-state index contributed by atoms with van der Waals surface area (Å²) in [6, 6.07) is 13.6. The highest BCUT2D eigenvalue weighted by Gasteiger charge is 2.19. The minimum absolute atomic E-state index is 0.0953. The van der Waals surface area contributed by atoms with Gasteiger partial charge in [0.25, 0.3) is 0 Å². The molecule has 4 nitrogen and oxygen atoms in total. The van der Waals surface area contributed by atoms with Crippen LogP contribution in [0.25, 0.3) is 11.4 Å². The van der Waals surface area contributed by atoms with E-state index in [0.29, 0.717) is 22.3 Å². The van der Waals surface area contributed by atoms with Crippen LogP contribution in [-0.2, 0) is 5.75 Å². The largest absolute Gasteiger partial charge is 0.478 e. The van der Waals surface area contributed by atoms with Crippen LogP contribution in [0.1, 0.15) is 21.6 Å². The number of carboxylic acids is 1. The van der Waals surface area contributed by atoms with Gasteiger partial charge < -0.3 is 5.11 Å². The molecule has 0 aliphatic heterocycles. The smallest absolute Gasteiger partial charge is 0.340 e. The Bertz CT molecular complexity index is 947. The van der Waals surface area contributed by atoms with E-state index < -0.39 is 5.97 Å². The van der Waals surface area contributed by atoms with Crippen molar-refractivity contribution in [3.8, 4) is 11.4 Å². The van der Waals surface area contributed by atoms with Crippen LogP contribution in [0.3, 0.4) is 0 Å². The fourth-order valence-electron chi connectivity index (χ4n) is 2.36. The van der Waals surface area contributed by atoms with Gasteiger partial charge in [-0.25, -0.2) is 19.2 Å². The molecule has 1 heterocycles. The van der Waals surface area contributed by atoms with Gasteiger partial charge in [-0.05, 0) is 36.8 Å². The molecule has 0 aliphatic carbocycles. The number of aromatic carboxylic acids is 1. The van der Waals surface area contributed by atoms with Crippen molar-refractivity contribution in [2.75, 3.05) is 0 Å². The van der Waals surface area contributed by atoms with E-state index in [0.717, 1.165) is 15.6 Å². The molecular weight excluding hydrogens is 419 g/mol. The van der Waals surface area contributed by atoms with Gasteiger partial charge >= 0.3 is 5.97 Å². The number of aryl methyl sites for hydroxylation is 1. The van der Waals surface area contributed by atoms with Crippen LogP contribution in [0.4, 0.5) is 4.39 Å². The van der Waals surface area contributed by atoms with Crippen LogP contribution in [0, 0.1) is 12.7 Å². The molecule has 26 heavy (non-hydrogen) atoms. The zero-order valence-electron chi connectivity index (χ0n) is 13.7. The second-order valence-corrected chi connectivity index (χ2v) is 7.42. The Morgan fingerprint density at radius 1 is 1.12 bits per heavy atom. The van der Waals surface area contributed by atoms with Gasteiger partial charge in [-0.2, -0.15) is 0 Å². The highest BCUT2D eigenvalue weighted by Crippen LogP contribution is 2.29. The van der Waals surface area contributed by atoms with Crippen LogP contribution < -0.4 is 0 Å². The number of benzene rings is 2. The molecule has 0 bridgehead atoms. The summed E-state index contributed by atoms with van der Waals surface area (Å²) in [5.41, 5.74) is 2.19. The first-order valence-corrected chi connectivity index (χ1v) is 9.47. The molecule has 0 unspecified atom stereocenters. The number of thioether (sulfide) groups is 1. The lowest BCUT2D eigenvalue weighted by Crippen LogP contribution is -2.08. The molecule has 7 heteroatoms. The summed E-state index contributed by atoms with van der Waals surface area (Å²) in [6.07, 6.45) is 0. The minimum atomic E-state index is -1.06. The Kier molecular flexibility index (Phi) is 5.68. The standard InChI is InChI=1S/C19H14BrFN2O2S/c1-11-16(19(24)25)18(26-10-12-2-8-15(21)9-3-12)23-17(22-11)13-4-6-14(20)7-5-13/h2-9H,10H2,1H3,(H,24,25). The fourth-order valence-corrected chi connectivity index (χ4v) is 3.65. The van der Waals surface area contributed by atoms with Crippen LogP contribution in [0.2, 0.25) is 0 Å². The van der Waals surface area contributed by atoms with E-state index >= 15 is 0 Å².